The van der Waals surface area contributed by atoms with Crippen LogP contribution in [0.4, 0.5) is 0 Å². The van der Waals surface area contributed by atoms with Crippen molar-refractivity contribution in [2.24, 2.45) is 0 Å². The zero-order chi connectivity index (χ0) is 48.9. The minimum atomic E-state index is -6.40. The molecule has 0 saturated carbocycles. The molecule has 0 heterocycles. The van der Waals surface area contributed by atoms with Gasteiger partial charge in [0.1, 0.15) is 0 Å². The summed E-state index contributed by atoms with van der Waals surface area (Å²) in [5.74, 6) is 0. The van der Waals surface area contributed by atoms with E-state index in [-0.39, 0.29) is 14.7 Å². The third-order valence-electron chi connectivity index (χ3n) is 14.0. The summed E-state index contributed by atoms with van der Waals surface area (Å²) < 4.78 is 91.1. The maximum atomic E-state index is 15.4. The fourth-order valence-electron chi connectivity index (χ4n) is 9.81. The standard InChI is InChI=1S/3C18H29O2S.C3H7.Ti/c3*1-2-3-4-5-6-7-8-9-10-11-12-17-13-15-18(16-14-17)21(19)20;1-3-2;/h3*13-16H,2-12H2,1H3;3H,1-2H3;. The molecule has 3 rings (SSSR count). The molecule has 0 aliphatic rings. The van der Waals surface area contributed by atoms with Gasteiger partial charge in [-0.2, -0.15) is 0 Å². The topological polar surface area (TPSA) is 102 Å². The molecule has 0 atom stereocenters. The Kier molecular flexibility index (Phi) is 29.3. The Morgan fingerprint density at radius 3 is 0.657 bits per heavy atom. The quantitative estimate of drug-likeness (QED) is 0.0415. The molecule has 67 heavy (non-hydrogen) atoms. The summed E-state index contributed by atoms with van der Waals surface area (Å²) in [4.78, 5) is -0.680. The molecule has 6 nitrogen and oxygen atoms in total. The first-order valence-electron chi connectivity index (χ1n) is 27.3. The Labute approximate surface area is 412 Å². The summed E-state index contributed by atoms with van der Waals surface area (Å²) in [5.41, 5.74) is 2.88. The first-order chi connectivity index (χ1) is 32.3. The van der Waals surface area contributed by atoms with Gasteiger partial charge in [0.25, 0.3) is 0 Å². The number of hydrogen-bond donors (Lipinski definition) is 0. The van der Waals surface area contributed by atoms with E-state index in [0.29, 0.717) is 0 Å². The van der Waals surface area contributed by atoms with Crippen LogP contribution in [-0.2, 0) is 54.2 Å². The summed E-state index contributed by atoms with van der Waals surface area (Å²) >= 11 is -6.40. The van der Waals surface area contributed by atoms with Crippen molar-refractivity contribution < 1.29 is 37.9 Å². The molecule has 380 valence electrons. The van der Waals surface area contributed by atoms with Gasteiger partial charge in [0.2, 0.25) is 0 Å². The summed E-state index contributed by atoms with van der Waals surface area (Å²) in [6.45, 7) is 9.70. The Balaban J connectivity index is 1.84. The Morgan fingerprint density at radius 2 is 0.478 bits per heavy atom. The van der Waals surface area contributed by atoms with Gasteiger partial charge in [0.05, 0.1) is 0 Å². The van der Waals surface area contributed by atoms with Gasteiger partial charge in [-0.1, -0.05) is 97.8 Å². The fraction of sp³-hybridized carbons (Fsp3) is 0.684. The van der Waals surface area contributed by atoms with E-state index >= 15 is 25.3 Å². The van der Waals surface area contributed by atoms with Crippen LogP contribution in [0.5, 0.6) is 0 Å². The van der Waals surface area contributed by atoms with Gasteiger partial charge in [-0.25, -0.2) is 0 Å². The summed E-state index contributed by atoms with van der Waals surface area (Å²) in [7, 11) is -14.7. The molecule has 0 saturated heterocycles. The second-order valence-corrected chi connectivity index (χ2v) is 46.8. The van der Waals surface area contributed by atoms with E-state index < -0.39 is 39.2 Å². The van der Waals surface area contributed by atoms with Gasteiger partial charge in [0.15, 0.2) is 0 Å². The molecular weight excluding hydrogens is 925 g/mol. The van der Waals surface area contributed by atoms with E-state index in [1.165, 1.54) is 204 Å². The van der Waals surface area contributed by atoms with Crippen molar-refractivity contribution in [1.29, 1.82) is 0 Å². The van der Waals surface area contributed by atoms with Crippen molar-refractivity contribution in [3.05, 3.63) is 89.5 Å². The SMILES string of the molecule is CCCCCCCCCCCCc1ccc([S](=O)(=O)[Ti]([CH](C)C)([S](=O)(=O)c2ccc(CCCCCCCCCCCC)cc2)[S](=O)(=O)c2ccc(CCCCCCCCCCCC)cc2)cc1. The number of aryl methyl sites for hydroxylation is 3. The fourth-order valence-corrected chi connectivity index (χ4v) is 52.2. The predicted molar refractivity (Wildman–Crippen MR) is 283 cm³/mol. The van der Waals surface area contributed by atoms with Gasteiger partial charge in [-0.15, -0.1) is 0 Å². The van der Waals surface area contributed by atoms with Gasteiger partial charge < -0.3 is 0 Å². The molecule has 0 unspecified atom stereocenters. The van der Waals surface area contributed by atoms with E-state index in [1.807, 2.05) is 0 Å². The average molecular weight is 1020 g/mol. The molecule has 3 aromatic carbocycles. The van der Waals surface area contributed by atoms with Crippen molar-refractivity contribution >= 4 is 22.3 Å². The first kappa shape index (κ1) is 59.5. The molecule has 10 heteroatoms. The van der Waals surface area contributed by atoms with Crippen LogP contribution in [0.2, 0.25) is 4.22 Å². The van der Waals surface area contributed by atoms with Gasteiger partial charge in [-0.3, -0.25) is 0 Å². The van der Waals surface area contributed by atoms with Gasteiger partial charge >= 0.3 is 317 Å². The molecule has 3 aromatic rings. The van der Waals surface area contributed by atoms with Crippen LogP contribution >= 0.6 is 0 Å². The molecule has 0 fully saturated rings. The third-order valence-corrected chi connectivity index (χ3v) is 57.1. The number of unbranched alkanes of at least 4 members (excludes halogenated alkanes) is 27. The molecule has 0 aromatic heterocycles. The number of hydrogen-bond acceptors (Lipinski definition) is 6. The van der Waals surface area contributed by atoms with E-state index in [0.717, 1.165) is 74.5 Å². The first-order valence-corrected chi connectivity index (χ1v) is 38.4. The van der Waals surface area contributed by atoms with Crippen LogP contribution in [-0.4, -0.2) is 25.3 Å². The van der Waals surface area contributed by atoms with Gasteiger partial charge in [-0.05, 0) is 0 Å². The van der Waals surface area contributed by atoms with Crippen molar-refractivity contribution in [3.8, 4) is 0 Å². The van der Waals surface area contributed by atoms with Crippen molar-refractivity contribution in [2.45, 2.75) is 265 Å². The minimum absolute atomic E-state index is 0.227. The second-order valence-electron chi connectivity index (χ2n) is 20.0. The predicted octanol–water partition coefficient (Wildman–Crippen LogP) is 17.5. The van der Waals surface area contributed by atoms with Crippen LogP contribution < -0.4 is 0 Å². The summed E-state index contributed by atoms with van der Waals surface area (Å²) in [5, 5.41) is 0. The molecule has 0 amide bonds. The van der Waals surface area contributed by atoms with Crippen molar-refractivity contribution in [3.63, 3.8) is 0 Å². The van der Waals surface area contributed by atoms with Crippen molar-refractivity contribution in [1.82, 2.24) is 0 Å². The normalized spacial score (nSPS) is 12.6. The van der Waals surface area contributed by atoms with Crippen LogP contribution in [0.25, 0.3) is 0 Å². The van der Waals surface area contributed by atoms with Crippen LogP contribution in [0.1, 0.15) is 244 Å². The zero-order valence-electron chi connectivity index (χ0n) is 43.0. The molecular formula is C57H94O6S3Ti. The van der Waals surface area contributed by atoms with Crippen LogP contribution in [0.3, 0.4) is 0 Å². The van der Waals surface area contributed by atoms with Crippen LogP contribution in [0, 0.1) is 0 Å². The third kappa shape index (κ3) is 18.7. The summed E-state index contributed by atoms with van der Waals surface area (Å²) in [6.07, 6.45) is 39.0. The Bertz CT molecular complexity index is 1840. The number of benzene rings is 3. The van der Waals surface area contributed by atoms with E-state index in [9.17, 15) is 0 Å². The molecule has 0 spiro atoms. The molecule has 0 bridgehead atoms. The molecule has 0 radical (unpaired) electrons. The molecule has 0 aliphatic heterocycles. The second kappa shape index (κ2) is 33.0. The van der Waals surface area contributed by atoms with E-state index in [2.05, 4.69) is 20.8 Å². The van der Waals surface area contributed by atoms with Crippen LogP contribution in [0.15, 0.2) is 87.5 Å². The van der Waals surface area contributed by atoms with Gasteiger partial charge in [0, 0.05) is 0 Å². The maximum absolute atomic E-state index is 15.4. The van der Waals surface area contributed by atoms with E-state index in [4.69, 9.17) is 0 Å². The average Bonchev–Trinajstić information content (AvgIpc) is 3.31. The Hall–Kier alpha value is -1.78. The monoisotopic (exact) mass is 1020 g/mol. The Morgan fingerprint density at radius 1 is 0.299 bits per heavy atom. The zero-order valence-corrected chi connectivity index (χ0v) is 47.0. The van der Waals surface area contributed by atoms with Crippen molar-refractivity contribution in [2.75, 3.05) is 0 Å². The molecule has 0 N–H and O–H groups in total. The van der Waals surface area contributed by atoms with E-state index in [1.54, 1.807) is 36.4 Å². The summed E-state index contributed by atoms with van der Waals surface area (Å²) in [6, 6.07) is 19.2. The molecule has 0 aliphatic carbocycles. The number of rotatable bonds is 40.